The smallest absolute Gasteiger partial charge is 0.0701 e. The molecular formula is C10H14BrNS. The number of nitrogens with zero attached hydrogens (tertiary/aromatic N) is 1. The van der Waals surface area contributed by atoms with Gasteiger partial charge < -0.3 is 0 Å². The van der Waals surface area contributed by atoms with Crippen LogP contribution < -0.4 is 0 Å². The predicted octanol–water partition coefficient (Wildman–Crippen LogP) is 3.49. The van der Waals surface area contributed by atoms with Gasteiger partial charge in [0.2, 0.25) is 0 Å². The van der Waals surface area contributed by atoms with E-state index < -0.39 is 0 Å². The fourth-order valence-electron chi connectivity index (χ4n) is 1.83. The lowest BCUT2D eigenvalue weighted by Crippen LogP contribution is -2.46. The normalized spacial score (nSPS) is 23.1. The quantitative estimate of drug-likeness (QED) is 0.804. The Balaban J connectivity index is 1.91. The number of halogens is 1. The molecule has 0 saturated carbocycles. The number of hydrogen-bond acceptors (Lipinski definition) is 2. The Labute approximate surface area is 91.9 Å². The van der Waals surface area contributed by atoms with Crippen LogP contribution in [0.2, 0.25) is 0 Å². The minimum absolute atomic E-state index is 0.846. The van der Waals surface area contributed by atoms with Crippen LogP contribution in [0.1, 0.15) is 25.3 Å². The molecule has 0 bridgehead atoms. The van der Waals surface area contributed by atoms with Crippen LogP contribution in [0.25, 0.3) is 0 Å². The molecule has 2 heterocycles. The van der Waals surface area contributed by atoms with E-state index in [1.54, 1.807) is 11.3 Å². The molecule has 0 N–H and O–H groups in total. The highest BCUT2D eigenvalue weighted by Crippen LogP contribution is 2.26. The second-order valence-electron chi connectivity index (χ2n) is 3.58. The lowest BCUT2D eigenvalue weighted by atomic mass is 10.00. The number of thiophene rings is 1. The summed E-state index contributed by atoms with van der Waals surface area (Å²) in [4.78, 5) is 2.56. The van der Waals surface area contributed by atoms with Crippen LogP contribution in [0, 0.1) is 0 Å². The van der Waals surface area contributed by atoms with Gasteiger partial charge in [-0.3, -0.25) is 4.90 Å². The van der Waals surface area contributed by atoms with Crippen molar-refractivity contribution in [3.05, 3.63) is 20.8 Å². The standard InChI is InChI=1S/C10H14BrNS/c1-2-9-3-4-12(9)6-8-5-10(11)13-7-8/h5,7,9H,2-4,6H2,1H3. The van der Waals surface area contributed by atoms with Crippen LogP contribution in [-0.2, 0) is 6.54 Å². The van der Waals surface area contributed by atoms with Gasteiger partial charge in [0.15, 0.2) is 0 Å². The van der Waals surface area contributed by atoms with E-state index in [4.69, 9.17) is 0 Å². The summed E-state index contributed by atoms with van der Waals surface area (Å²) in [6, 6.07) is 3.08. The largest absolute Gasteiger partial charge is 0.296 e. The summed E-state index contributed by atoms with van der Waals surface area (Å²) in [6.07, 6.45) is 2.69. The molecule has 1 saturated heterocycles. The van der Waals surface area contributed by atoms with Crippen molar-refractivity contribution >= 4 is 27.3 Å². The van der Waals surface area contributed by atoms with Gasteiger partial charge in [-0.25, -0.2) is 0 Å². The Morgan fingerprint density at radius 1 is 1.69 bits per heavy atom. The molecule has 0 aromatic carbocycles. The molecule has 72 valence electrons. The first kappa shape index (κ1) is 9.69. The third kappa shape index (κ3) is 2.14. The zero-order chi connectivity index (χ0) is 9.26. The van der Waals surface area contributed by atoms with E-state index in [9.17, 15) is 0 Å². The van der Waals surface area contributed by atoms with Crippen molar-refractivity contribution in [2.45, 2.75) is 32.4 Å². The first-order valence-electron chi connectivity index (χ1n) is 4.76. The van der Waals surface area contributed by atoms with Crippen LogP contribution in [0.15, 0.2) is 15.2 Å². The van der Waals surface area contributed by atoms with Crippen LogP contribution in [0.5, 0.6) is 0 Å². The Morgan fingerprint density at radius 2 is 2.54 bits per heavy atom. The topological polar surface area (TPSA) is 3.24 Å². The summed E-state index contributed by atoms with van der Waals surface area (Å²) < 4.78 is 1.25. The van der Waals surface area contributed by atoms with Gasteiger partial charge in [0.05, 0.1) is 3.79 Å². The van der Waals surface area contributed by atoms with Crippen LogP contribution in [0.3, 0.4) is 0 Å². The molecule has 1 aromatic heterocycles. The molecule has 1 atom stereocenters. The van der Waals surface area contributed by atoms with Gasteiger partial charge in [-0.2, -0.15) is 0 Å². The van der Waals surface area contributed by atoms with Crippen molar-refractivity contribution < 1.29 is 0 Å². The lowest BCUT2D eigenvalue weighted by molar-refractivity contribution is 0.0792. The molecule has 1 aliphatic heterocycles. The lowest BCUT2D eigenvalue weighted by Gasteiger charge is -2.40. The third-order valence-electron chi connectivity index (χ3n) is 2.74. The van der Waals surface area contributed by atoms with Gasteiger partial charge in [-0.05, 0) is 45.8 Å². The number of hydrogen-bond donors (Lipinski definition) is 0. The molecule has 1 aromatic rings. The van der Waals surface area contributed by atoms with E-state index >= 15 is 0 Å². The molecule has 2 rings (SSSR count). The van der Waals surface area contributed by atoms with E-state index in [-0.39, 0.29) is 0 Å². The van der Waals surface area contributed by atoms with Crippen LogP contribution in [0.4, 0.5) is 0 Å². The van der Waals surface area contributed by atoms with E-state index in [1.807, 2.05) is 0 Å². The number of likely N-dealkylation sites (tertiary alicyclic amines) is 1. The maximum atomic E-state index is 3.49. The van der Waals surface area contributed by atoms with Crippen molar-refractivity contribution in [1.29, 1.82) is 0 Å². The highest BCUT2D eigenvalue weighted by atomic mass is 79.9. The zero-order valence-corrected chi connectivity index (χ0v) is 10.2. The first-order chi connectivity index (χ1) is 6.29. The predicted molar refractivity (Wildman–Crippen MR) is 61.1 cm³/mol. The second kappa shape index (κ2) is 4.11. The van der Waals surface area contributed by atoms with Gasteiger partial charge in [0.1, 0.15) is 0 Å². The molecule has 1 unspecified atom stereocenters. The molecule has 3 heteroatoms. The monoisotopic (exact) mass is 259 g/mol. The van der Waals surface area contributed by atoms with E-state index in [1.165, 1.54) is 28.7 Å². The summed E-state index contributed by atoms with van der Waals surface area (Å²) in [7, 11) is 0. The van der Waals surface area contributed by atoms with E-state index in [0.29, 0.717) is 0 Å². The molecule has 0 amide bonds. The summed E-state index contributed by atoms with van der Waals surface area (Å²) in [5, 5.41) is 2.25. The fraction of sp³-hybridized carbons (Fsp3) is 0.600. The van der Waals surface area contributed by atoms with Gasteiger partial charge in [0.25, 0.3) is 0 Å². The summed E-state index contributed by atoms with van der Waals surface area (Å²) in [6.45, 7) is 4.70. The van der Waals surface area contributed by atoms with E-state index in [2.05, 4.69) is 39.2 Å². The summed E-state index contributed by atoms with van der Waals surface area (Å²) >= 11 is 5.27. The van der Waals surface area contributed by atoms with Gasteiger partial charge in [-0.15, -0.1) is 11.3 Å². The van der Waals surface area contributed by atoms with Crippen molar-refractivity contribution in [2.75, 3.05) is 6.54 Å². The zero-order valence-electron chi connectivity index (χ0n) is 7.79. The van der Waals surface area contributed by atoms with Crippen molar-refractivity contribution in [1.82, 2.24) is 4.90 Å². The molecule has 1 nitrogen and oxygen atoms in total. The Kier molecular flexibility index (Phi) is 3.06. The van der Waals surface area contributed by atoms with Crippen LogP contribution in [-0.4, -0.2) is 17.5 Å². The minimum atomic E-state index is 0.846. The summed E-state index contributed by atoms with van der Waals surface area (Å²) in [5.74, 6) is 0. The van der Waals surface area contributed by atoms with Crippen molar-refractivity contribution in [2.24, 2.45) is 0 Å². The average molecular weight is 260 g/mol. The van der Waals surface area contributed by atoms with Gasteiger partial charge >= 0.3 is 0 Å². The Morgan fingerprint density at radius 3 is 3.00 bits per heavy atom. The van der Waals surface area contributed by atoms with Gasteiger partial charge in [-0.1, -0.05) is 6.92 Å². The fourth-order valence-corrected chi connectivity index (χ4v) is 3.03. The second-order valence-corrected chi connectivity index (χ2v) is 5.87. The Hall–Kier alpha value is 0.140. The molecule has 1 fully saturated rings. The van der Waals surface area contributed by atoms with Gasteiger partial charge in [0, 0.05) is 19.1 Å². The number of rotatable bonds is 3. The van der Waals surface area contributed by atoms with E-state index in [0.717, 1.165) is 12.6 Å². The Bertz CT molecular complexity index is 282. The minimum Gasteiger partial charge on any atom is -0.296 e. The molecule has 0 radical (unpaired) electrons. The van der Waals surface area contributed by atoms with Crippen molar-refractivity contribution in [3.8, 4) is 0 Å². The third-order valence-corrected chi connectivity index (χ3v) is 4.30. The highest BCUT2D eigenvalue weighted by Gasteiger charge is 2.25. The molecule has 1 aliphatic rings. The molecule has 0 aliphatic carbocycles. The maximum absolute atomic E-state index is 3.49. The molecule has 0 spiro atoms. The maximum Gasteiger partial charge on any atom is 0.0701 e. The van der Waals surface area contributed by atoms with Crippen molar-refractivity contribution in [3.63, 3.8) is 0 Å². The highest BCUT2D eigenvalue weighted by molar-refractivity contribution is 9.11. The molecular weight excluding hydrogens is 246 g/mol. The first-order valence-corrected chi connectivity index (χ1v) is 6.44. The van der Waals surface area contributed by atoms with Crippen LogP contribution >= 0.6 is 27.3 Å². The average Bonchev–Trinajstić information content (AvgIpc) is 2.46. The SMILES string of the molecule is CCC1CCN1Cc1csc(Br)c1. The summed E-state index contributed by atoms with van der Waals surface area (Å²) in [5.41, 5.74) is 1.45. The molecule has 13 heavy (non-hydrogen) atoms.